The van der Waals surface area contributed by atoms with Gasteiger partial charge in [-0.2, -0.15) is 4.98 Å². The predicted octanol–water partition coefficient (Wildman–Crippen LogP) is 3.47. The molecule has 3 aromatic rings. The molecule has 0 bridgehead atoms. The number of hydrogen-bond donors (Lipinski definition) is 0. The first-order valence-electron chi connectivity index (χ1n) is 6.19. The van der Waals surface area contributed by atoms with E-state index in [1.165, 1.54) is 0 Å². The van der Waals surface area contributed by atoms with E-state index in [2.05, 4.69) is 15.3 Å². The number of rotatable bonds is 5. The van der Waals surface area contributed by atoms with Crippen molar-refractivity contribution in [2.45, 2.75) is 18.4 Å². The molecule has 0 unspecified atom stereocenters. The molecule has 0 spiro atoms. The minimum absolute atomic E-state index is 0.553. The Balaban J connectivity index is 1.58. The molecule has 0 aliphatic heterocycles. The van der Waals surface area contributed by atoms with Crippen LogP contribution in [0.3, 0.4) is 0 Å². The molecule has 0 saturated carbocycles. The van der Waals surface area contributed by atoms with Crippen LogP contribution in [-0.4, -0.2) is 15.3 Å². The van der Waals surface area contributed by atoms with Crippen molar-refractivity contribution >= 4 is 11.8 Å². The number of hydrogen-bond acceptors (Lipinski definition) is 6. The van der Waals surface area contributed by atoms with E-state index in [9.17, 15) is 0 Å². The van der Waals surface area contributed by atoms with Crippen molar-refractivity contribution in [2.24, 2.45) is 0 Å². The lowest BCUT2D eigenvalue weighted by atomic mass is 10.2. The number of benzene rings is 1. The maximum absolute atomic E-state index is 5.25. The quantitative estimate of drug-likeness (QED) is 0.716. The van der Waals surface area contributed by atoms with Gasteiger partial charge in [0, 0.05) is 11.6 Å². The van der Waals surface area contributed by atoms with Gasteiger partial charge in [-0.1, -0.05) is 28.5 Å². The van der Waals surface area contributed by atoms with Gasteiger partial charge in [0.2, 0.25) is 0 Å². The van der Waals surface area contributed by atoms with Gasteiger partial charge in [-0.3, -0.25) is 0 Å². The Morgan fingerprint density at radius 2 is 1.90 bits per heavy atom. The zero-order valence-electron chi connectivity index (χ0n) is 10.9. The van der Waals surface area contributed by atoms with Gasteiger partial charge < -0.3 is 9.05 Å². The summed E-state index contributed by atoms with van der Waals surface area (Å²) in [7, 11) is 0. The van der Waals surface area contributed by atoms with Gasteiger partial charge >= 0.3 is 0 Å². The standard InChI is InChI=1S/C14H13N3O2S/c1-10-7-12(18-16-10)8-20-9-13-15-14(19-17-13)11-5-3-2-4-6-11/h2-7H,8-9H2,1H3. The summed E-state index contributed by atoms with van der Waals surface area (Å²) in [6.07, 6.45) is 0. The van der Waals surface area contributed by atoms with Crippen molar-refractivity contribution in [1.29, 1.82) is 0 Å². The monoisotopic (exact) mass is 287 g/mol. The Kier molecular flexibility index (Phi) is 3.83. The third-order valence-corrected chi connectivity index (χ3v) is 3.59. The Labute approximate surface area is 120 Å². The highest BCUT2D eigenvalue weighted by Crippen LogP contribution is 2.20. The highest BCUT2D eigenvalue weighted by atomic mass is 32.2. The summed E-state index contributed by atoms with van der Waals surface area (Å²) >= 11 is 1.66. The van der Waals surface area contributed by atoms with Gasteiger partial charge in [-0.25, -0.2) is 0 Å². The third-order valence-electron chi connectivity index (χ3n) is 2.64. The molecule has 2 heterocycles. The van der Waals surface area contributed by atoms with Crippen molar-refractivity contribution in [3.63, 3.8) is 0 Å². The fraction of sp³-hybridized carbons (Fsp3) is 0.214. The van der Waals surface area contributed by atoms with E-state index >= 15 is 0 Å². The van der Waals surface area contributed by atoms with Crippen molar-refractivity contribution in [1.82, 2.24) is 15.3 Å². The molecular weight excluding hydrogens is 274 g/mol. The minimum atomic E-state index is 0.553. The maximum Gasteiger partial charge on any atom is 0.257 e. The largest absolute Gasteiger partial charge is 0.360 e. The summed E-state index contributed by atoms with van der Waals surface area (Å²) in [5.74, 6) is 3.52. The number of nitrogens with zero attached hydrogens (tertiary/aromatic N) is 3. The van der Waals surface area contributed by atoms with Gasteiger partial charge in [0.1, 0.15) is 5.76 Å². The Morgan fingerprint density at radius 3 is 2.65 bits per heavy atom. The molecule has 5 nitrogen and oxygen atoms in total. The summed E-state index contributed by atoms with van der Waals surface area (Å²) in [5, 5.41) is 7.82. The molecule has 0 aliphatic carbocycles. The minimum Gasteiger partial charge on any atom is -0.360 e. The van der Waals surface area contributed by atoms with Crippen LogP contribution in [0.25, 0.3) is 11.5 Å². The first-order chi connectivity index (χ1) is 9.81. The Morgan fingerprint density at radius 1 is 1.05 bits per heavy atom. The lowest BCUT2D eigenvalue weighted by Crippen LogP contribution is -1.85. The number of thioether (sulfide) groups is 1. The second kappa shape index (κ2) is 5.92. The van der Waals surface area contributed by atoms with Crippen molar-refractivity contribution in [2.75, 3.05) is 0 Å². The predicted molar refractivity (Wildman–Crippen MR) is 76.0 cm³/mol. The van der Waals surface area contributed by atoms with Crippen molar-refractivity contribution < 1.29 is 9.05 Å². The van der Waals surface area contributed by atoms with E-state index < -0.39 is 0 Å². The first kappa shape index (κ1) is 12.9. The topological polar surface area (TPSA) is 65.0 Å². The summed E-state index contributed by atoms with van der Waals surface area (Å²) in [5.41, 5.74) is 1.83. The Bertz CT molecular complexity index is 679. The molecule has 0 aliphatic rings. The molecular formula is C14H13N3O2S. The van der Waals surface area contributed by atoms with Crippen LogP contribution in [-0.2, 0) is 11.5 Å². The lowest BCUT2D eigenvalue weighted by Gasteiger charge is -1.93. The molecule has 2 aromatic heterocycles. The van der Waals surface area contributed by atoms with Crippen LogP contribution in [0.4, 0.5) is 0 Å². The normalized spacial score (nSPS) is 10.8. The zero-order valence-corrected chi connectivity index (χ0v) is 11.8. The van der Waals surface area contributed by atoms with E-state index in [-0.39, 0.29) is 0 Å². The third kappa shape index (κ3) is 3.08. The molecule has 0 N–H and O–H groups in total. The number of aromatic nitrogens is 3. The summed E-state index contributed by atoms with van der Waals surface area (Å²) < 4.78 is 10.4. The van der Waals surface area contributed by atoms with Crippen LogP contribution in [0.15, 0.2) is 45.4 Å². The molecule has 0 saturated heterocycles. The molecule has 0 radical (unpaired) electrons. The molecule has 6 heteroatoms. The molecule has 0 amide bonds. The molecule has 20 heavy (non-hydrogen) atoms. The Hall–Kier alpha value is -2.08. The number of aryl methyl sites for hydroxylation is 1. The molecule has 0 atom stereocenters. The van der Waals surface area contributed by atoms with Crippen LogP contribution >= 0.6 is 11.8 Å². The van der Waals surface area contributed by atoms with E-state index in [4.69, 9.17) is 9.05 Å². The second-order valence-corrected chi connectivity index (χ2v) is 5.29. The maximum atomic E-state index is 5.25. The van der Waals surface area contributed by atoms with Crippen LogP contribution in [0.2, 0.25) is 0 Å². The average Bonchev–Trinajstić information content (AvgIpc) is 3.09. The summed E-state index contributed by atoms with van der Waals surface area (Å²) in [6.45, 7) is 1.91. The van der Waals surface area contributed by atoms with Crippen LogP contribution in [0.1, 0.15) is 17.3 Å². The molecule has 1 aromatic carbocycles. The second-order valence-electron chi connectivity index (χ2n) is 4.31. The highest BCUT2D eigenvalue weighted by Gasteiger charge is 2.09. The average molecular weight is 287 g/mol. The lowest BCUT2D eigenvalue weighted by molar-refractivity contribution is 0.391. The zero-order chi connectivity index (χ0) is 13.8. The van der Waals surface area contributed by atoms with E-state index in [0.717, 1.165) is 22.8 Å². The van der Waals surface area contributed by atoms with Gasteiger partial charge in [0.05, 0.1) is 17.2 Å². The summed E-state index contributed by atoms with van der Waals surface area (Å²) in [6, 6.07) is 11.7. The molecule has 102 valence electrons. The van der Waals surface area contributed by atoms with Gasteiger partial charge in [-0.05, 0) is 19.1 Å². The van der Waals surface area contributed by atoms with Crippen LogP contribution < -0.4 is 0 Å². The van der Waals surface area contributed by atoms with E-state index in [0.29, 0.717) is 17.5 Å². The molecule has 3 rings (SSSR count). The van der Waals surface area contributed by atoms with Crippen molar-refractivity contribution in [3.05, 3.63) is 53.7 Å². The fourth-order valence-corrected chi connectivity index (χ4v) is 2.48. The van der Waals surface area contributed by atoms with Gasteiger partial charge in [0.25, 0.3) is 5.89 Å². The SMILES string of the molecule is Cc1cc(CSCc2noc(-c3ccccc3)n2)on1. The van der Waals surface area contributed by atoms with Crippen LogP contribution in [0, 0.1) is 6.92 Å². The van der Waals surface area contributed by atoms with Crippen LogP contribution in [0.5, 0.6) is 0 Å². The van der Waals surface area contributed by atoms with E-state index in [1.807, 2.05) is 43.3 Å². The van der Waals surface area contributed by atoms with E-state index in [1.54, 1.807) is 11.8 Å². The first-order valence-corrected chi connectivity index (χ1v) is 7.35. The summed E-state index contributed by atoms with van der Waals surface area (Å²) in [4.78, 5) is 4.37. The smallest absolute Gasteiger partial charge is 0.257 e. The highest BCUT2D eigenvalue weighted by molar-refractivity contribution is 7.97. The van der Waals surface area contributed by atoms with Gasteiger partial charge in [0.15, 0.2) is 5.82 Å². The van der Waals surface area contributed by atoms with Crippen molar-refractivity contribution in [3.8, 4) is 11.5 Å². The van der Waals surface area contributed by atoms with Gasteiger partial charge in [-0.15, -0.1) is 11.8 Å². The fourth-order valence-electron chi connectivity index (χ4n) is 1.74. The molecule has 0 fully saturated rings.